The lowest BCUT2D eigenvalue weighted by atomic mass is 9.93. The van der Waals surface area contributed by atoms with Crippen LogP contribution in [0.4, 0.5) is 5.69 Å². The van der Waals surface area contributed by atoms with Crippen LogP contribution in [0.2, 0.25) is 0 Å². The number of hydrogen-bond donors (Lipinski definition) is 2. The standard InChI is InChI=1S/C14H21NO2/c1-10(16)12-5-4-11(8-13(12)17)15-7-6-14(2,3)9-15/h4-5,8,10,16-17H,6-7,9H2,1-3H3. The van der Waals surface area contributed by atoms with Gasteiger partial charge in [0.05, 0.1) is 6.10 Å². The monoisotopic (exact) mass is 235 g/mol. The Morgan fingerprint density at radius 2 is 2.06 bits per heavy atom. The van der Waals surface area contributed by atoms with Crippen LogP contribution in [0, 0.1) is 5.41 Å². The highest BCUT2D eigenvalue weighted by atomic mass is 16.3. The number of aliphatic hydroxyl groups is 1. The lowest BCUT2D eigenvalue weighted by Gasteiger charge is -2.22. The smallest absolute Gasteiger partial charge is 0.123 e. The van der Waals surface area contributed by atoms with Gasteiger partial charge >= 0.3 is 0 Å². The lowest BCUT2D eigenvalue weighted by molar-refractivity contribution is 0.195. The third kappa shape index (κ3) is 2.55. The Morgan fingerprint density at radius 3 is 2.53 bits per heavy atom. The molecule has 1 saturated heterocycles. The number of aliphatic hydroxyl groups excluding tert-OH is 1. The number of hydrogen-bond acceptors (Lipinski definition) is 3. The molecule has 17 heavy (non-hydrogen) atoms. The molecule has 0 saturated carbocycles. The number of aromatic hydroxyl groups is 1. The van der Waals surface area contributed by atoms with Crippen molar-refractivity contribution in [2.45, 2.75) is 33.3 Å². The van der Waals surface area contributed by atoms with Crippen LogP contribution in [-0.2, 0) is 0 Å². The minimum Gasteiger partial charge on any atom is -0.507 e. The number of phenolic OH excluding ortho intramolecular Hbond substituents is 1. The van der Waals surface area contributed by atoms with Crippen LogP contribution in [0.1, 0.15) is 38.9 Å². The van der Waals surface area contributed by atoms with Crippen LogP contribution in [-0.4, -0.2) is 23.3 Å². The van der Waals surface area contributed by atoms with Gasteiger partial charge < -0.3 is 15.1 Å². The van der Waals surface area contributed by atoms with Crippen molar-refractivity contribution < 1.29 is 10.2 Å². The van der Waals surface area contributed by atoms with Crippen LogP contribution >= 0.6 is 0 Å². The van der Waals surface area contributed by atoms with Gasteiger partial charge in [0.1, 0.15) is 5.75 Å². The molecule has 1 fully saturated rings. The first-order chi connectivity index (χ1) is 7.89. The fraction of sp³-hybridized carbons (Fsp3) is 0.571. The maximum absolute atomic E-state index is 9.87. The van der Waals surface area contributed by atoms with Crippen molar-refractivity contribution >= 4 is 5.69 Å². The van der Waals surface area contributed by atoms with E-state index >= 15 is 0 Å². The SMILES string of the molecule is CC(O)c1ccc(N2CCC(C)(C)C2)cc1O. The van der Waals surface area contributed by atoms with E-state index in [1.165, 1.54) is 6.42 Å². The number of nitrogens with zero attached hydrogens (tertiary/aromatic N) is 1. The Bertz CT molecular complexity index is 413. The third-order valence-electron chi connectivity index (χ3n) is 3.51. The molecule has 0 aliphatic carbocycles. The maximum Gasteiger partial charge on any atom is 0.123 e. The van der Waals surface area contributed by atoms with Crippen molar-refractivity contribution in [3.8, 4) is 5.75 Å². The van der Waals surface area contributed by atoms with E-state index in [2.05, 4.69) is 18.7 Å². The summed E-state index contributed by atoms with van der Waals surface area (Å²) in [5.74, 6) is 0.183. The molecular formula is C14H21NO2. The summed E-state index contributed by atoms with van der Waals surface area (Å²) >= 11 is 0. The lowest BCUT2D eigenvalue weighted by Crippen LogP contribution is -2.22. The van der Waals surface area contributed by atoms with E-state index in [-0.39, 0.29) is 5.75 Å². The largest absolute Gasteiger partial charge is 0.507 e. The molecule has 94 valence electrons. The van der Waals surface area contributed by atoms with Gasteiger partial charge in [-0.05, 0) is 24.8 Å². The first-order valence-electron chi connectivity index (χ1n) is 6.15. The second kappa shape index (κ2) is 4.22. The summed E-state index contributed by atoms with van der Waals surface area (Å²) in [7, 11) is 0. The summed E-state index contributed by atoms with van der Waals surface area (Å²) in [6.45, 7) is 8.22. The summed E-state index contributed by atoms with van der Waals surface area (Å²) in [5.41, 5.74) is 1.98. The van der Waals surface area contributed by atoms with Crippen molar-refractivity contribution in [1.82, 2.24) is 0 Å². The Hall–Kier alpha value is -1.22. The zero-order chi connectivity index (χ0) is 12.6. The molecule has 1 unspecified atom stereocenters. The summed E-state index contributed by atoms with van der Waals surface area (Å²) in [6.07, 6.45) is 0.547. The second-order valence-corrected chi connectivity index (χ2v) is 5.75. The van der Waals surface area contributed by atoms with Gasteiger partial charge in [-0.15, -0.1) is 0 Å². The van der Waals surface area contributed by atoms with E-state index < -0.39 is 6.10 Å². The van der Waals surface area contributed by atoms with E-state index in [0.717, 1.165) is 18.8 Å². The molecule has 0 aromatic heterocycles. The topological polar surface area (TPSA) is 43.7 Å². The molecule has 1 aliphatic heterocycles. The summed E-state index contributed by atoms with van der Waals surface area (Å²) in [6, 6.07) is 5.54. The molecule has 2 N–H and O–H groups in total. The Labute approximate surface area is 103 Å². The quantitative estimate of drug-likeness (QED) is 0.828. The molecular weight excluding hydrogens is 214 g/mol. The van der Waals surface area contributed by atoms with Crippen molar-refractivity contribution in [2.24, 2.45) is 5.41 Å². The minimum absolute atomic E-state index is 0.183. The highest BCUT2D eigenvalue weighted by Gasteiger charge is 2.29. The number of rotatable bonds is 2. The van der Waals surface area contributed by atoms with E-state index in [1.54, 1.807) is 19.1 Å². The molecule has 3 nitrogen and oxygen atoms in total. The summed E-state index contributed by atoms with van der Waals surface area (Å²) in [5, 5.41) is 19.3. The molecule has 0 amide bonds. The molecule has 1 aromatic carbocycles. The van der Waals surface area contributed by atoms with Gasteiger partial charge in [-0.25, -0.2) is 0 Å². The zero-order valence-electron chi connectivity index (χ0n) is 10.8. The van der Waals surface area contributed by atoms with Crippen LogP contribution in [0.3, 0.4) is 0 Å². The van der Waals surface area contributed by atoms with Crippen molar-refractivity contribution in [3.63, 3.8) is 0 Å². The van der Waals surface area contributed by atoms with Gasteiger partial charge in [-0.2, -0.15) is 0 Å². The van der Waals surface area contributed by atoms with E-state index in [9.17, 15) is 10.2 Å². The second-order valence-electron chi connectivity index (χ2n) is 5.75. The van der Waals surface area contributed by atoms with Crippen molar-refractivity contribution in [2.75, 3.05) is 18.0 Å². The van der Waals surface area contributed by atoms with Gasteiger partial charge in [0, 0.05) is 30.4 Å². The van der Waals surface area contributed by atoms with Crippen LogP contribution in [0.5, 0.6) is 5.75 Å². The molecule has 1 heterocycles. The van der Waals surface area contributed by atoms with Gasteiger partial charge in [0.15, 0.2) is 0 Å². The molecule has 0 bridgehead atoms. The predicted octanol–water partition coefficient (Wildman–Crippen LogP) is 2.68. The van der Waals surface area contributed by atoms with Gasteiger partial charge in [-0.1, -0.05) is 19.9 Å². The summed E-state index contributed by atoms with van der Waals surface area (Å²) < 4.78 is 0. The van der Waals surface area contributed by atoms with Gasteiger partial charge in [0.2, 0.25) is 0 Å². The maximum atomic E-state index is 9.87. The zero-order valence-corrected chi connectivity index (χ0v) is 10.8. The molecule has 1 aromatic rings. The van der Waals surface area contributed by atoms with Crippen LogP contribution < -0.4 is 4.90 Å². The molecule has 1 aliphatic rings. The summed E-state index contributed by atoms with van der Waals surface area (Å²) in [4.78, 5) is 2.28. The third-order valence-corrected chi connectivity index (χ3v) is 3.51. The average Bonchev–Trinajstić information content (AvgIpc) is 2.58. The van der Waals surface area contributed by atoms with Crippen LogP contribution in [0.25, 0.3) is 0 Å². The van der Waals surface area contributed by atoms with Crippen molar-refractivity contribution in [3.05, 3.63) is 23.8 Å². The molecule has 3 heteroatoms. The van der Waals surface area contributed by atoms with Crippen LogP contribution in [0.15, 0.2) is 18.2 Å². The first-order valence-corrected chi connectivity index (χ1v) is 6.15. The average molecular weight is 235 g/mol. The van der Waals surface area contributed by atoms with E-state index in [1.807, 2.05) is 6.07 Å². The number of benzene rings is 1. The van der Waals surface area contributed by atoms with E-state index in [0.29, 0.717) is 11.0 Å². The fourth-order valence-electron chi connectivity index (χ4n) is 2.41. The fourth-order valence-corrected chi connectivity index (χ4v) is 2.41. The predicted molar refractivity (Wildman–Crippen MR) is 69.4 cm³/mol. The van der Waals surface area contributed by atoms with Gasteiger partial charge in [-0.3, -0.25) is 0 Å². The Morgan fingerprint density at radius 1 is 1.35 bits per heavy atom. The molecule has 0 radical (unpaired) electrons. The highest BCUT2D eigenvalue weighted by molar-refractivity contribution is 5.54. The number of phenols is 1. The number of anilines is 1. The Kier molecular flexibility index (Phi) is 3.04. The normalized spacial score (nSPS) is 20.6. The molecule has 0 spiro atoms. The van der Waals surface area contributed by atoms with Crippen molar-refractivity contribution in [1.29, 1.82) is 0 Å². The molecule has 2 rings (SSSR count). The van der Waals surface area contributed by atoms with E-state index in [4.69, 9.17) is 0 Å². The highest BCUT2D eigenvalue weighted by Crippen LogP contribution is 2.35. The first kappa shape index (κ1) is 12.2. The molecule has 1 atom stereocenters. The Balaban J connectivity index is 2.21. The minimum atomic E-state index is -0.626. The van der Waals surface area contributed by atoms with Gasteiger partial charge in [0.25, 0.3) is 0 Å².